The quantitative estimate of drug-likeness (QED) is 0.509. The van der Waals surface area contributed by atoms with E-state index in [4.69, 9.17) is 4.74 Å². The summed E-state index contributed by atoms with van der Waals surface area (Å²) in [5, 5.41) is 2.72. The molecule has 154 valence electrons. The molecule has 0 aromatic heterocycles. The Hall–Kier alpha value is -2.97. The fourth-order valence-electron chi connectivity index (χ4n) is 2.51. The summed E-state index contributed by atoms with van der Waals surface area (Å²) in [7, 11) is -3.78. The smallest absolute Gasteiger partial charge is 0.338 e. The number of ether oxygens (including phenoxy) is 1. The molecule has 1 amide bonds. The van der Waals surface area contributed by atoms with Crippen LogP contribution in [0, 0.1) is 13.8 Å². The molecule has 2 aromatic rings. The Bertz CT molecular complexity index is 1030. The van der Waals surface area contributed by atoms with Gasteiger partial charge in [-0.1, -0.05) is 29.8 Å². The minimum absolute atomic E-state index is 0.0256. The Morgan fingerprint density at radius 2 is 1.90 bits per heavy atom. The van der Waals surface area contributed by atoms with Crippen LogP contribution in [0.1, 0.15) is 28.4 Å². The number of hydrogen-bond donors (Lipinski definition) is 2. The molecule has 0 fully saturated rings. The number of rotatable bonds is 8. The third kappa shape index (κ3) is 6.00. The first-order valence-corrected chi connectivity index (χ1v) is 10.4. The van der Waals surface area contributed by atoms with Gasteiger partial charge < -0.3 is 10.1 Å². The fraction of sp³-hybridized carbons (Fsp3) is 0.238. The van der Waals surface area contributed by atoms with Crippen LogP contribution < -0.4 is 10.0 Å². The topological polar surface area (TPSA) is 102 Å². The average molecular weight is 416 g/mol. The minimum atomic E-state index is -3.78. The van der Waals surface area contributed by atoms with E-state index in [9.17, 15) is 18.0 Å². The molecule has 1 atom stereocenters. The van der Waals surface area contributed by atoms with Crippen molar-refractivity contribution in [3.8, 4) is 0 Å². The van der Waals surface area contributed by atoms with Crippen LogP contribution in [0.25, 0.3) is 0 Å². The predicted octanol–water partition coefficient (Wildman–Crippen LogP) is 2.95. The van der Waals surface area contributed by atoms with Gasteiger partial charge in [0.25, 0.3) is 5.91 Å². The highest BCUT2D eigenvalue weighted by Gasteiger charge is 2.21. The van der Waals surface area contributed by atoms with Crippen LogP contribution in [0.5, 0.6) is 0 Å². The van der Waals surface area contributed by atoms with Crippen molar-refractivity contribution >= 4 is 27.6 Å². The molecule has 0 aliphatic heterocycles. The van der Waals surface area contributed by atoms with Crippen LogP contribution in [0.15, 0.2) is 60.0 Å². The second-order valence-corrected chi connectivity index (χ2v) is 8.29. The molecule has 29 heavy (non-hydrogen) atoms. The Kier molecular flexibility index (Phi) is 7.30. The molecule has 7 nitrogen and oxygen atoms in total. The lowest BCUT2D eigenvalue weighted by Crippen LogP contribution is -2.30. The number of esters is 1. The maximum absolute atomic E-state index is 12.4. The number of hydrogen-bond acceptors (Lipinski definition) is 5. The van der Waals surface area contributed by atoms with Crippen molar-refractivity contribution in [2.45, 2.75) is 31.8 Å². The van der Waals surface area contributed by atoms with Gasteiger partial charge in [-0.15, -0.1) is 6.58 Å². The zero-order valence-corrected chi connectivity index (χ0v) is 17.4. The highest BCUT2D eigenvalue weighted by atomic mass is 32.2. The minimum Gasteiger partial charge on any atom is -0.449 e. The van der Waals surface area contributed by atoms with Gasteiger partial charge >= 0.3 is 5.97 Å². The van der Waals surface area contributed by atoms with E-state index in [0.29, 0.717) is 5.69 Å². The summed E-state index contributed by atoms with van der Waals surface area (Å²) in [5.41, 5.74) is 2.61. The Morgan fingerprint density at radius 3 is 2.55 bits per heavy atom. The molecule has 0 unspecified atom stereocenters. The first kappa shape index (κ1) is 22.3. The lowest BCUT2D eigenvalue weighted by molar-refractivity contribution is -0.123. The van der Waals surface area contributed by atoms with Gasteiger partial charge in [0.05, 0.1) is 10.5 Å². The van der Waals surface area contributed by atoms with Gasteiger partial charge in [-0.25, -0.2) is 17.9 Å². The Labute approximate surface area is 170 Å². The number of benzene rings is 2. The Balaban J connectivity index is 2.08. The lowest BCUT2D eigenvalue weighted by atomic mass is 10.1. The number of carbonyl (C=O) groups excluding carboxylic acids is 2. The second kappa shape index (κ2) is 9.49. The number of carbonyl (C=O) groups is 2. The molecule has 2 rings (SSSR count). The monoisotopic (exact) mass is 416 g/mol. The zero-order valence-electron chi connectivity index (χ0n) is 16.6. The highest BCUT2D eigenvalue weighted by Crippen LogP contribution is 2.17. The molecule has 0 spiro atoms. The van der Waals surface area contributed by atoms with E-state index in [1.165, 1.54) is 37.3 Å². The van der Waals surface area contributed by atoms with E-state index in [1.807, 2.05) is 26.0 Å². The third-order valence-electron chi connectivity index (χ3n) is 4.09. The number of aryl methyl sites for hydroxylation is 2. The van der Waals surface area contributed by atoms with Gasteiger partial charge in [-0.3, -0.25) is 4.79 Å². The molecule has 0 bridgehead atoms. The highest BCUT2D eigenvalue weighted by molar-refractivity contribution is 7.89. The molecule has 0 saturated carbocycles. The molecule has 0 aliphatic rings. The SMILES string of the molecule is C=CCNS(=O)(=O)c1cccc(C(=O)O[C@H](C)C(=O)Nc2ccc(C)cc2C)c1. The van der Waals surface area contributed by atoms with Crippen LogP contribution in [-0.2, 0) is 19.6 Å². The zero-order chi connectivity index (χ0) is 21.6. The molecule has 2 aromatic carbocycles. The molecule has 2 N–H and O–H groups in total. The summed E-state index contributed by atoms with van der Waals surface area (Å²) in [6.07, 6.45) is 0.341. The molecule has 8 heteroatoms. The van der Waals surface area contributed by atoms with Crippen LogP contribution in [0.4, 0.5) is 5.69 Å². The van der Waals surface area contributed by atoms with Gasteiger partial charge in [-0.05, 0) is 50.6 Å². The molecule has 0 radical (unpaired) electrons. The molecule has 0 saturated heterocycles. The maximum Gasteiger partial charge on any atom is 0.338 e. The largest absolute Gasteiger partial charge is 0.449 e. The van der Waals surface area contributed by atoms with Gasteiger partial charge in [0.15, 0.2) is 6.10 Å². The van der Waals surface area contributed by atoms with E-state index >= 15 is 0 Å². The van der Waals surface area contributed by atoms with Crippen LogP contribution >= 0.6 is 0 Å². The summed E-state index contributed by atoms with van der Waals surface area (Å²) >= 11 is 0. The van der Waals surface area contributed by atoms with Gasteiger partial charge in [0.1, 0.15) is 0 Å². The number of anilines is 1. The van der Waals surface area contributed by atoms with Gasteiger partial charge in [0.2, 0.25) is 10.0 Å². The van der Waals surface area contributed by atoms with E-state index < -0.39 is 28.0 Å². The number of amides is 1. The fourth-order valence-corrected chi connectivity index (χ4v) is 3.56. The third-order valence-corrected chi connectivity index (χ3v) is 5.51. The molecular weight excluding hydrogens is 392 g/mol. The van der Waals surface area contributed by atoms with Gasteiger partial charge in [0, 0.05) is 12.2 Å². The lowest BCUT2D eigenvalue weighted by Gasteiger charge is -2.15. The molecule has 0 aliphatic carbocycles. The predicted molar refractivity (Wildman–Crippen MR) is 111 cm³/mol. The normalized spacial score (nSPS) is 12.1. The van der Waals surface area contributed by atoms with E-state index in [-0.39, 0.29) is 17.0 Å². The molecular formula is C21H24N2O5S. The van der Waals surface area contributed by atoms with Crippen molar-refractivity contribution in [3.63, 3.8) is 0 Å². The van der Waals surface area contributed by atoms with Crippen molar-refractivity contribution in [2.75, 3.05) is 11.9 Å². The standard InChI is InChI=1S/C21H24N2O5S/c1-5-11-22-29(26,27)18-8-6-7-17(13-18)21(25)28-16(4)20(24)23-19-10-9-14(2)12-15(19)3/h5-10,12-13,16,22H,1,11H2,2-4H3,(H,23,24)/t16-/m1/s1. The van der Waals surface area contributed by atoms with Crippen LogP contribution in [0.3, 0.4) is 0 Å². The summed E-state index contributed by atoms with van der Waals surface area (Å²) in [6, 6.07) is 11.0. The van der Waals surface area contributed by atoms with Crippen molar-refractivity contribution in [2.24, 2.45) is 0 Å². The number of nitrogens with one attached hydrogen (secondary N) is 2. The van der Waals surface area contributed by atoms with Crippen molar-refractivity contribution in [3.05, 3.63) is 71.8 Å². The van der Waals surface area contributed by atoms with Gasteiger partial charge in [-0.2, -0.15) is 0 Å². The summed E-state index contributed by atoms with van der Waals surface area (Å²) in [5.74, 6) is -1.28. The summed E-state index contributed by atoms with van der Waals surface area (Å²) in [4.78, 5) is 24.7. The maximum atomic E-state index is 12.4. The average Bonchev–Trinajstić information content (AvgIpc) is 2.68. The van der Waals surface area contributed by atoms with E-state index in [2.05, 4.69) is 16.6 Å². The van der Waals surface area contributed by atoms with Crippen molar-refractivity contribution in [1.82, 2.24) is 4.72 Å². The van der Waals surface area contributed by atoms with Crippen LogP contribution in [0.2, 0.25) is 0 Å². The van der Waals surface area contributed by atoms with E-state index in [0.717, 1.165) is 11.1 Å². The number of sulfonamides is 1. The summed E-state index contributed by atoms with van der Waals surface area (Å²) in [6.45, 7) is 8.78. The van der Waals surface area contributed by atoms with E-state index in [1.54, 1.807) is 6.07 Å². The van der Waals surface area contributed by atoms with Crippen LogP contribution in [-0.4, -0.2) is 32.9 Å². The summed E-state index contributed by atoms with van der Waals surface area (Å²) < 4.78 is 31.9. The molecule has 0 heterocycles. The van der Waals surface area contributed by atoms with Crippen molar-refractivity contribution in [1.29, 1.82) is 0 Å². The first-order valence-electron chi connectivity index (χ1n) is 8.94. The Morgan fingerprint density at radius 1 is 1.17 bits per heavy atom. The second-order valence-electron chi connectivity index (χ2n) is 6.52. The first-order chi connectivity index (χ1) is 13.6. The van der Waals surface area contributed by atoms with Crippen molar-refractivity contribution < 1.29 is 22.7 Å².